The van der Waals surface area contributed by atoms with Gasteiger partial charge in [0.1, 0.15) is 5.82 Å². The highest BCUT2D eigenvalue weighted by Gasteiger charge is 2.33. The fourth-order valence-corrected chi connectivity index (χ4v) is 5.76. The molecule has 2 aromatic carbocycles. The summed E-state index contributed by atoms with van der Waals surface area (Å²) in [5.41, 5.74) is 2.74. The molecule has 3 aromatic rings. The molecule has 1 unspecified atom stereocenters. The van der Waals surface area contributed by atoms with Gasteiger partial charge >= 0.3 is 0 Å². The summed E-state index contributed by atoms with van der Waals surface area (Å²) in [5, 5.41) is 3.89. The van der Waals surface area contributed by atoms with Gasteiger partial charge in [-0.25, -0.2) is 16.8 Å². The maximum absolute atomic E-state index is 15.0. The number of halogens is 3. The molecule has 4 rings (SSSR count). The summed E-state index contributed by atoms with van der Waals surface area (Å²) in [5.74, 6) is -0.511. The van der Waals surface area contributed by atoms with E-state index in [2.05, 4.69) is 5.32 Å². The van der Waals surface area contributed by atoms with Gasteiger partial charge in [-0.05, 0) is 73.8 Å². The average Bonchev–Trinajstić information content (AvgIpc) is 3.24. The van der Waals surface area contributed by atoms with Crippen LogP contribution in [0.4, 0.5) is 4.39 Å². The third-order valence-corrected chi connectivity index (χ3v) is 7.67. The molecule has 1 N–H and O–H groups in total. The van der Waals surface area contributed by atoms with Gasteiger partial charge in [0, 0.05) is 27.8 Å². The van der Waals surface area contributed by atoms with Crippen LogP contribution in [0.1, 0.15) is 29.2 Å². The highest BCUT2D eigenvalue weighted by Crippen LogP contribution is 2.42. The Labute approximate surface area is 179 Å². The Morgan fingerprint density at radius 2 is 1.97 bits per heavy atom. The molecule has 1 aromatic heterocycles. The Morgan fingerprint density at radius 3 is 2.66 bits per heavy atom. The fourth-order valence-electron chi connectivity index (χ4n) is 3.89. The van der Waals surface area contributed by atoms with Crippen LogP contribution in [-0.4, -0.2) is 19.4 Å². The second kappa shape index (κ2) is 7.43. The number of aryl methyl sites for hydroxylation is 1. The van der Waals surface area contributed by atoms with E-state index in [1.54, 1.807) is 25.3 Å². The number of fused-ring (bicyclic) bond motifs is 1. The number of benzene rings is 2. The predicted molar refractivity (Wildman–Crippen MR) is 114 cm³/mol. The van der Waals surface area contributed by atoms with Crippen molar-refractivity contribution in [3.63, 3.8) is 0 Å². The lowest BCUT2D eigenvalue weighted by Gasteiger charge is -2.15. The van der Waals surface area contributed by atoms with Crippen LogP contribution < -0.4 is 5.32 Å². The number of hydrogen-bond donors (Lipinski definition) is 1. The van der Waals surface area contributed by atoms with Crippen LogP contribution in [0, 0.1) is 12.7 Å². The normalized spacial score (nSPS) is 16.2. The van der Waals surface area contributed by atoms with E-state index < -0.39 is 15.8 Å². The monoisotopic (exact) mass is 452 g/mol. The lowest BCUT2D eigenvalue weighted by Crippen LogP contribution is -2.16. The fraction of sp³-hybridized carbons (Fsp3) is 0.238. The van der Waals surface area contributed by atoms with Crippen molar-refractivity contribution in [3.8, 4) is 11.3 Å². The minimum Gasteiger partial charge on any atom is -0.313 e. The number of rotatable bonds is 4. The summed E-state index contributed by atoms with van der Waals surface area (Å²) in [6, 6.07) is 8.88. The van der Waals surface area contributed by atoms with Gasteiger partial charge < -0.3 is 5.32 Å². The molecule has 0 bridgehead atoms. The zero-order valence-electron chi connectivity index (χ0n) is 15.8. The zero-order valence-corrected chi connectivity index (χ0v) is 18.2. The second-order valence-electron chi connectivity index (χ2n) is 7.13. The molecular formula is C21H19Cl2FN2O2S. The molecule has 8 heteroatoms. The Hall–Kier alpha value is -1.86. The Balaban J connectivity index is 2.02. The Morgan fingerprint density at radius 1 is 1.21 bits per heavy atom. The van der Waals surface area contributed by atoms with Gasteiger partial charge in [0.15, 0.2) is 0 Å². The van der Waals surface area contributed by atoms with Crippen molar-refractivity contribution in [2.75, 3.05) is 7.05 Å². The van der Waals surface area contributed by atoms with Gasteiger partial charge in [-0.15, -0.1) is 0 Å². The quantitative estimate of drug-likeness (QED) is 0.579. The summed E-state index contributed by atoms with van der Waals surface area (Å²) in [4.78, 5) is 0.0412. The summed E-state index contributed by atoms with van der Waals surface area (Å²) in [6.45, 7) is 1.71. The van der Waals surface area contributed by atoms with Crippen LogP contribution in [-0.2, 0) is 16.4 Å². The summed E-state index contributed by atoms with van der Waals surface area (Å²) in [7, 11) is -2.17. The number of hydrogen-bond acceptors (Lipinski definition) is 3. The van der Waals surface area contributed by atoms with Gasteiger partial charge in [0.25, 0.3) is 10.0 Å². The van der Waals surface area contributed by atoms with E-state index in [0.29, 0.717) is 27.7 Å². The van der Waals surface area contributed by atoms with E-state index in [1.807, 2.05) is 7.05 Å². The standard InChI is InChI=1S/C21H19Cl2FN2O2S/c1-12-8-19(24)16(10-18(12)23)21-15-6-7-20(25-2)17(15)11-26(21)29(27,28)14-5-3-4-13(22)9-14/h3-5,8-11,20,25H,6-7H2,1-2H3. The number of nitrogens with zero attached hydrogens (tertiary/aromatic N) is 1. The highest BCUT2D eigenvalue weighted by atomic mass is 35.5. The van der Waals surface area contributed by atoms with Crippen molar-refractivity contribution in [2.45, 2.75) is 30.7 Å². The lowest BCUT2D eigenvalue weighted by atomic mass is 10.0. The molecule has 0 fully saturated rings. The van der Waals surface area contributed by atoms with Crippen molar-refractivity contribution >= 4 is 33.2 Å². The van der Waals surface area contributed by atoms with Crippen LogP contribution in [0.25, 0.3) is 11.3 Å². The number of nitrogens with one attached hydrogen (secondary N) is 1. The van der Waals surface area contributed by atoms with Crippen molar-refractivity contribution in [2.24, 2.45) is 0 Å². The molecule has 4 nitrogen and oxygen atoms in total. The van der Waals surface area contributed by atoms with E-state index >= 15 is 0 Å². The molecule has 0 amide bonds. The first kappa shape index (κ1) is 20.4. The molecule has 0 radical (unpaired) electrons. The molecule has 152 valence electrons. The SMILES string of the molecule is CNC1CCc2c1cn(S(=O)(=O)c1cccc(Cl)c1)c2-c1cc(Cl)c(C)cc1F. The lowest BCUT2D eigenvalue weighted by molar-refractivity contribution is 0.578. The second-order valence-corrected chi connectivity index (χ2v) is 9.79. The van der Waals surface area contributed by atoms with E-state index in [0.717, 1.165) is 21.5 Å². The first-order valence-corrected chi connectivity index (χ1v) is 11.3. The van der Waals surface area contributed by atoms with E-state index in [1.165, 1.54) is 24.3 Å². The third kappa shape index (κ3) is 3.38. The largest absolute Gasteiger partial charge is 0.313 e. The molecular weight excluding hydrogens is 434 g/mol. The van der Waals surface area contributed by atoms with Crippen molar-refractivity contribution < 1.29 is 12.8 Å². The van der Waals surface area contributed by atoms with Gasteiger partial charge in [-0.2, -0.15) is 0 Å². The molecule has 1 heterocycles. The van der Waals surface area contributed by atoms with Gasteiger partial charge in [-0.1, -0.05) is 29.3 Å². The molecule has 29 heavy (non-hydrogen) atoms. The Bertz CT molecular complexity index is 1220. The maximum atomic E-state index is 15.0. The predicted octanol–water partition coefficient (Wildman–Crippen LogP) is 5.35. The van der Waals surface area contributed by atoms with Crippen LogP contribution in [0.2, 0.25) is 10.0 Å². The molecule has 1 atom stereocenters. The van der Waals surface area contributed by atoms with Crippen LogP contribution in [0.15, 0.2) is 47.5 Å². The third-order valence-electron chi connectivity index (χ3n) is 5.37. The summed E-state index contributed by atoms with van der Waals surface area (Å²) >= 11 is 12.3. The summed E-state index contributed by atoms with van der Waals surface area (Å²) < 4.78 is 43.1. The molecule has 1 aliphatic carbocycles. The van der Waals surface area contributed by atoms with Gasteiger partial charge in [-0.3, -0.25) is 0 Å². The zero-order chi connectivity index (χ0) is 20.9. The van der Waals surface area contributed by atoms with E-state index in [9.17, 15) is 12.8 Å². The first-order valence-electron chi connectivity index (χ1n) is 9.12. The van der Waals surface area contributed by atoms with Gasteiger partial charge in [0.2, 0.25) is 0 Å². The van der Waals surface area contributed by atoms with Crippen LogP contribution in [0.5, 0.6) is 0 Å². The molecule has 1 aliphatic rings. The van der Waals surface area contributed by atoms with Crippen LogP contribution in [0.3, 0.4) is 0 Å². The smallest absolute Gasteiger partial charge is 0.268 e. The molecule has 0 saturated carbocycles. The molecule has 0 aliphatic heterocycles. The first-order chi connectivity index (χ1) is 13.7. The molecule has 0 saturated heterocycles. The maximum Gasteiger partial charge on any atom is 0.268 e. The topological polar surface area (TPSA) is 51.1 Å². The van der Waals surface area contributed by atoms with Gasteiger partial charge in [0.05, 0.1) is 10.6 Å². The Kier molecular flexibility index (Phi) is 5.23. The highest BCUT2D eigenvalue weighted by molar-refractivity contribution is 7.90. The molecule has 0 spiro atoms. The van der Waals surface area contributed by atoms with Crippen molar-refractivity contribution in [1.29, 1.82) is 0 Å². The minimum absolute atomic E-state index is 0.00328. The van der Waals surface area contributed by atoms with Crippen molar-refractivity contribution in [3.05, 3.63) is 75.1 Å². The van der Waals surface area contributed by atoms with E-state index in [-0.39, 0.29) is 16.5 Å². The van der Waals surface area contributed by atoms with E-state index in [4.69, 9.17) is 23.2 Å². The van der Waals surface area contributed by atoms with Crippen LogP contribution >= 0.6 is 23.2 Å². The number of aromatic nitrogens is 1. The summed E-state index contributed by atoms with van der Waals surface area (Å²) in [6.07, 6.45) is 3.04. The van der Waals surface area contributed by atoms with Crippen molar-refractivity contribution in [1.82, 2.24) is 9.29 Å². The average molecular weight is 453 g/mol. The minimum atomic E-state index is -3.99.